The first-order valence-corrected chi connectivity index (χ1v) is 6.85. The van der Waals surface area contributed by atoms with Gasteiger partial charge in [0.1, 0.15) is 17.1 Å². The summed E-state index contributed by atoms with van der Waals surface area (Å²) in [5.74, 6) is 1.32. The van der Waals surface area contributed by atoms with Gasteiger partial charge in [-0.1, -0.05) is 19.1 Å². The van der Waals surface area contributed by atoms with Crippen LogP contribution in [0.15, 0.2) is 35.3 Å². The fourth-order valence-electron chi connectivity index (χ4n) is 1.97. The Hall–Kier alpha value is -2.03. The van der Waals surface area contributed by atoms with Gasteiger partial charge in [-0.3, -0.25) is 4.79 Å². The third-order valence-corrected chi connectivity index (χ3v) is 2.99. The van der Waals surface area contributed by atoms with Crippen LogP contribution in [0.2, 0.25) is 0 Å². The van der Waals surface area contributed by atoms with E-state index in [9.17, 15) is 4.79 Å². The third-order valence-electron chi connectivity index (χ3n) is 2.99. The average molecular weight is 322 g/mol. The van der Waals surface area contributed by atoms with E-state index in [0.717, 1.165) is 12.0 Å². The van der Waals surface area contributed by atoms with Crippen LogP contribution >= 0.6 is 0 Å². The van der Waals surface area contributed by atoms with E-state index in [2.05, 4.69) is 30.6 Å². The average Bonchev–Trinajstić information content (AvgIpc) is 3.07. The van der Waals surface area contributed by atoms with Gasteiger partial charge in [-0.25, -0.2) is 4.98 Å². The van der Waals surface area contributed by atoms with Crippen molar-refractivity contribution in [2.75, 3.05) is 6.61 Å². The molecule has 114 valence electrons. The molecule has 23 heavy (non-hydrogen) atoms. The van der Waals surface area contributed by atoms with Crippen molar-refractivity contribution in [2.24, 2.45) is 0 Å². The summed E-state index contributed by atoms with van der Waals surface area (Å²) in [6.45, 7) is 2.63. The van der Waals surface area contributed by atoms with Crippen molar-refractivity contribution in [1.29, 1.82) is 0 Å². The number of benzene rings is 1. The molecule has 3 rings (SSSR count). The van der Waals surface area contributed by atoms with Gasteiger partial charge in [0.15, 0.2) is 0 Å². The van der Waals surface area contributed by atoms with Crippen LogP contribution in [0.25, 0.3) is 22.8 Å². The van der Waals surface area contributed by atoms with Gasteiger partial charge < -0.3 is 11.1 Å². The van der Waals surface area contributed by atoms with Crippen LogP contribution in [0.5, 0.6) is 5.75 Å². The molecular formula is C14H15N6NaO2. The summed E-state index contributed by atoms with van der Waals surface area (Å²) in [7, 11) is 0. The van der Waals surface area contributed by atoms with Crippen molar-refractivity contribution in [2.45, 2.75) is 13.3 Å². The minimum absolute atomic E-state index is 0. The normalized spacial score (nSPS) is 10.1. The molecule has 0 aliphatic carbocycles. The zero-order valence-corrected chi connectivity index (χ0v) is 14.9. The fourth-order valence-corrected chi connectivity index (χ4v) is 1.97. The van der Waals surface area contributed by atoms with Gasteiger partial charge in [-0.05, 0) is 23.8 Å². The molecule has 0 amide bonds. The molecule has 2 heterocycles. The fraction of sp³-hybridized carbons (Fsp3) is 0.214. The largest absolute Gasteiger partial charge is 1.00 e. The number of aromatic nitrogens is 6. The monoisotopic (exact) mass is 322 g/mol. The Balaban J connectivity index is 0.00000144. The topological polar surface area (TPSA) is 109 Å². The SMILES string of the molecule is CCCOc1ccccc1-c1ncc(-c2nn[nH]n2)c(=O)[nH]1.[H-].[Na+]. The molecule has 1 aromatic carbocycles. The number of hydrogen-bond donors (Lipinski definition) is 2. The molecule has 0 radical (unpaired) electrons. The van der Waals surface area contributed by atoms with Gasteiger partial charge in [0.05, 0.1) is 12.2 Å². The summed E-state index contributed by atoms with van der Waals surface area (Å²) in [6.07, 6.45) is 2.32. The summed E-state index contributed by atoms with van der Waals surface area (Å²) < 4.78 is 5.68. The molecule has 2 aromatic heterocycles. The Morgan fingerprint density at radius 2 is 2.09 bits per heavy atom. The maximum absolute atomic E-state index is 12.2. The molecule has 8 nitrogen and oxygen atoms in total. The van der Waals surface area contributed by atoms with Gasteiger partial charge >= 0.3 is 29.6 Å². The maximum Gasteiger partial charge on any atom is 1.00 e. The first-order valence-electron chi connectivity index (χ1n) is 6.85. The molecular weight excluding hydrogens is 307 g/mol. The summed E-state index contributed by atoms with van der Waals surface area (Å²) in [4.78, 5) is 19.2. The molecule has 9 heteroatoms. The molecule has 0 unspecified atom stereocenters. The maximum atomic E-state index is 12.2. The molecule has 0 spiro atoms. The predicted octanol–water partition coefficient (Wildman–Crippen LogP) is -1.48. The van der Waals surface area contributed by atoms with E-state index >= 15 is 0 Å². The number of nitrogens with one attached hydrogen (secondary N) is 2. The predicted molar refractivity (Wildman–Crippen MR) is 80.4 cm³/mol. The van der Waals surface area contributed by atoms with Gasteiger partial charge in [-0.15, -0.1) is 10.2 Å². The van der Waals surface area contributed by atoms with E-state index in [0.29, 0.717) is 18.2 Å². The zero-order valence-electron chi connectivity index (χ0n) is 13.9. The third kappa shape index (κ3) is 3.84. The van der Waals surface area contributed by atoms with Gasteiger partial charge in [0.2, 0.25) is 5.82 Å². The van der Waals surface area contributed by atoms with Crippen LogP contribution in [0.3, 0.4) is 0 Å². The number of para-hydroxylation sites is 1. The molecule has 0 atom stereocenters. The van der Waals surface area contributed by atoms with Crippen LogP contribution in [0.4, 0.5) is 0 Å². The molecule has 0 fully saturated rings. The van der Waals surface area contributed by atoms with Crippen molar-refractivity contribution in [3.8, 4) is 28.5 Å². The molecule has 0 bridgehead atoms. The Kier molecular flexibility index (Phi) is 6.03. The van der Waals surface area contributed by atoms with E-state index in [1.54, 1.807) is 0 Å². The second-order valence-corrected chi connectivity index (χ2v) is 4.55. The van der Waals surface area contributed by atoms with Crippen molar-refractivity contribution in [1.82, 2.24) is 30.6 Å². The van der Waals surface area contributed by atoms with Crippen molar-refractivity contribution in [3.05, 3.63) is 40.8 Å². The number of aromatic amines is 2. The smallest absolute Gasteiger partial charge is 1.00 e. The number of hydrogen-bond acceptors (Lipinski definition) is 6. The second-order valence-electron chi connectivity index (χ2n) is 4.55. The van der Waals surface area contributed by atoms with Crippen molar-refractivity contribution >= 4 is 0 Å². The van der Waals surface area contributed by atoms with Gasteiger partial charge in [0, 0.05) is 6.20 Å². The number of rotatable bonds is 5. The van der Waals surface area contributed by atoms with E-state index < -0.39 is 0 Å². The van der Waals surface area contributed by atoms with E-state index in [-0.39, 0.29) is 47.9 Å². The summed E-state index contributed by atoms with van der Waals surface area (Å²) in [5, 5.41) is 13.3. The molecule has 0 saturated heterocycles. The minimum Gasteiger partial charge on any atom is -1.00 e. The van der Waals surface area contributed by atoms with E-state index in [1.807, 2.05) is 31.2 Å². The van der Waals surface area contributed by atoms with Crippen LogP contribution < -0.4 is 39.9 Å². The van der Waals surface area contributed by atoms with E-state index in [4.69, 9.17) is 4.74 Å². The summed E-state index contributed by atoms with van der Waals surface area (Å²) in [5.41, 5.74) is 0.647. The standard InChI is InChI=1S/C14H14N6O2.Na.H/c1-2-7-22-11-6-4-3-5-9(11)12-15-8-10(14(21)16-12)13-17-19-20-18-13;;/h3-6,8H,2,7H2,1H3,(H,15,16,21)(H,17,18,19,20);;/q;+1;-1. The molecule has 2 N–H and O–H groups in total. The second kappa shape index (κ2) is 8.00. The van der Waals surface area contributed by atoms with Crippen LogP contribution in [0.1, 0.15) is 14.8 Å². The van der Waals surface area contributed by atoms with Crippen molar-refractivity contribution < 1.29 is 35.7 Å². The quantitative estimate of drug-likeness (QED) is 0.555. The van der Waals surface area contributed by atoms with Gasteiger partial charge in [-0.2, -0.15) is 5.21 Å². The first kappa shape index (κ1) is 17.3. The number of nitrogens with zero attached hydrogens (tertiary/aromatic N) is 4. The Labute approximate surface area is 155 Å². The van der Waals surface area contributed by atoms with E-state index in [1.165, 1.54) is 6.20 Å². The zero-order chi connectivity index (χ0) is 15.4. The van der Waals surface area contributed by atoms with Crippen LogP contribution in [-0.4, -0.2) is 37.2 Å². The molecule has 0 aliphatic heterocycles. The Morgan fingerprint density at radius 1 is 1.26 bits per heavy atom. The number of ether oxygens (including phenoxy) is 1. The van der Waals surface area contributed by atoms with Crippen molar-refractivity contribution in [3.63, 3.8) is 0 Å². The Bertz CT molecular complexity index is 824. The van der Waals surface area contributed by atoms with Crippen LogP contribution in [0, 0.1) is 0 Å². The molecule has 0 saturated carbocycles. The van der Waals surface area contributed by atoms with Gasteiger partial charge in [0.25, 0.3) is 5.56 Å². The number of H-pyrrole nitrogens is 2. The molecule has 3 aromatic rings. The first-order chi connectivity index (χ1) is 10.8. The summed E-state index contributed by atoms with van der Waals surface area (Å²) >= 11 is 0. The Morgan fingerprint density at radius 3 is 2.78 bits per heavy atom. The molecule has 0 aliphatic rings. The summed E-state index contributed by atoms with van der Waals surface area (Å²) in [6, 6.07) is 7.43. The number of tetrazole rings is 1. The van der Waals surface area contributed by atoms with Crippen LogP contribution in [-0.2, 0) is 0 Å². The minimum atomic E-state index is -0.336.